The third-order valence-electron chi connectivity index (χ3n) is 6.67. The number of benzene rings is 2. The molecule has 2 fully saturated rings. The molecule has 2 heterocycles. The highest BCUT2D eigenvalue weighted by Gasteiger charge is 2.49. The van der Waals surface area contributed by atoms with Crippen LogP contribution in [0.5, 0.6) is 0 Å². The van der Waals surface area contributed by atoms with Gasteiger partial charge in [0, 0.05) is 30.1 Å². The summed E-state index contributed by atoms with van der Waals surface area (Å²) in [6, 6.07) is 21.3. The smallest absolute Gasteiger partial charge is 0.0961 e. The fraction of sp³-hybridized carbons (Fsp3) is 0.375. The van der Waals surface area contributed by atoms with E-state index in [4.69, 9.17) is 0 Å². The van der Waals surface area contributed by atoms with Crippen LogP contribution in [0.15, 0.2) is 66.9 Å². The van der Waals surface area contributed by atoms with Gasteiger partial charge in [0.2, 0.25) is 0 Å². The van der Waals surface area contributed by atoms with Crippen LogP contribution in [0.25, 0.3) is 10.9 Å². The van der Waals surface area contributed by atoms with Crippen molar-refractivity contribution in [1.29, 1.82) is 0 Å². The first-order valence-electron chi connectivity index (χ1n) is 10.2. The Morgan fingerprint density at radius 2 is 1.74 bits per heavy atom. The highest BCUT2D eigenvalue weighted by atomic mass is 16.3. The average molecular weight is 358 g/mol. The predicted octanol–water partition coefficient (Wildman–Crippen LogP) is 4.89. The van der Waals surface area contributed by atoms with Crippen LogP contribution in [-0.2, 0) is 5.60 Å². The standard InChI is InChI=1S/C24H26N2O/c27-24(19-10-2-1-3-11-19)15-17-26(21-13-5-4-12-20(21)24)22-14-6-8-18-9-7-16-25-23(18)22/h1-3,6-11,14,16,20-21,27H,4-5,12-13,15,17H2/t20-,21+,24-/m0/s1. The lowest BCUT2D eigenvalue weighted by atomic mass is 9.66. The van der Waals surface area contributed by atoms with E-state index in [1.165, 1.54) is 23.9 Å². The molecule has 0 unspecified atom stereocenters. The number of aromatic nitrogens is 1. The first-order valence-corrected chi connectivity index (χ1v) is 10.2. The molecule has 1 aliphatic carbocycles. The Morgan fingerprint density at radius 1 is 0.926 bits per heavy atom. The van der Waals surface area contributed by atoms with E-state index in [2.05, 4.69) is 46.3 Å². The number of piperidine rings is 1. The van der Waals surface area contributed by atoms with Crippen molar-refractivity contribution in [3.05, 3.63) is 72.4 Å². The van der Waals surface area contributed by atoms with Crippen molar-refractivity contribution in [2.75, 3.05) is 11.4 Å². The zero-order valence-electron chi connectivity index (χ0n) is 15.6. The van der Waals surface area contributed by atoms with E-state index >= 15 is 0 Å². The van der Waals surface area contributed by atoms with Gasteiger partial charge in [0.15, 0.2) is 0 Å². The molecule has 1 saturated carbocycles. The van der Waals surface area contributed by atoms with Gasteiger partial charge in [0.25, 0.3) is 0 Å². The van der Waals surface area contributed by atoms with Crippen LogP contribution in [0.4, 0.5) is 5.69 Å². The van der Waals surface area contributed by atoms with E-state index < -0.39 is 5.60 Å². The molecule has 0 radical (unpaired) electrons. The van der Waals surface area contributed by atoms with Crippen molar-refractivity contribution in [2.24, 2.45) is 5.92 Å². The summed E-state index contributed by atoms with van der Waals surface area (Å²) in [5.41, 5.74) is 2.66. The number of fused-ring (bicyclic) bond motifs is 2. The maximum absolute atomic E-state index is 11.8. The summed E-state index contributed by atoms with van der Waals surface area (Å²) >= 11 is 0. The molecule has 3 heteroatoms. The van der Waals surface area contributed by atoms with Crippen LogP contribution in [0.1, 0.15) is 37.7 Å². The Labute approximate surface area is 160 Å². The topological polar surface area (TPSA) is 36.4 Å². The number of para-hydroxylation sites is 1. The summed E-state index contributed by atoms with van der Waals surface area (Å²) in [4.78, 5) is 7.22. The van der Waals surface area contributed by atoms with Crippen LogP contribution >= 0.6 is 0 Å². The quantitative estimate of drug-likeness (QED) is 0.708. The van der Waals surface area contributed by atoms with Crippen LogP contribution < -0.4 is 4.90 Å². The fourth-order valence-electron chi connectivity index (χ4n) is 5.39. The van der Waals surface area contributed by atoms with Gasteiger partial charge in [0.1, 0.15) is 0 Å². The molecule has 1 aliphatic heterocycles. The van der Waals surface area contributed by atoms with Crippen LogP contribution in [0.2, 0.25) is 0 Å². The third-order valence-corrected chi connectivity index (χ3v) is 6.67. The minimum atomic E-state index is -0.721. The normalized spacial score (nSPS) is 28.1. The number of anilines is 1. The van der Waals surface area contributed by atoms with Crippen molar-refractivity contribution in [2.45, 2.75) is 43.7 Å². The Bertz CT molecular complexity index is 936. The van der Waals surface area contributed by atoms with Crippen molar-refractivity contribution in [1.82, 2.24) is 4.98 Å². The second-order valence-corrected chi connectivity index (χ2v) is 8.04. The van der Waals surface area contributed by atoms with E-state index in [0.717, 1.165) is 36.9 Å². The molecule has 2 aliphatic rings. The Balaban J connectivity index is 1.57. The number of hydrogen-bond acceptors (Lipinski definition) is 3. The Hall–Kier alpha value is -2.39. The summed E-state index contributed by atoms with van der Waals surface area (Å²) in [6.45, 7) is 0.863. The van der Waals surface area contributed by atoms with E-state index in [1.54, 1.807) is 0 Å². The van der Waals surface area contributed by atoms with Crippen molar-refractivity contribution in [3.63, 3.8) is 0 Å². The van der Waals surface area contributed by atoms with E-state index in [-0.39, 0.29) is 5.92 Å². The van der Waals surface area contributed by atoms with E-state index in [9.17, 15) is 5.11 Å². The molecule has 0 amide bonds. The summed E-state index contributed by atoms with van der Waals surface area (Å²) in [6.07, 6.45) is 7.32. The van der Waals surface area contributed by atoms with Crippen LogP contribution in [0, 0.1) is 5.92 Å². The first-order chi connectivity index (χ1) is 13.3. The van der Waals surface area contributed by atoms with Crippen LogP contribution in [0.3, 0.4) is 0 Å². The number of hydrogen-bond donors (Lipinski definition) is 1. The minimum absolute atomic E-state index is 0.265. The summed E-state index contributed by atoms with van der Waals surface area (Å²) in [7, 11) is 0. The number of pyridine rings is 1. The molecule has 27 heavy (non-hydrogen) atoms. The fourth-order valence-corrected chi connectivity index (χ4v) is 5.39. The lowest BCUT2D eigenvalue weighted by molar-refractivity contribution is -0.0688. The molecule has 3 atom stereocenters. The SMILES string of the molecule is O[C@]1(c2ccccc2)CCN(c2cccc3cccnc23)[C@@H]2CCCC[C@@H]21. The van der Waals surface area contributed by atoms with Gasteiger partial charge in [-0.05, 0) is 37.0 Å². The minimum Gasteiger partial charge on any atom is -0.385 e. The lowest BCUT2D eigenvalue weighted by Gasteiger charge is -2.53. The monoisotopic (exact) mass is 358 g/mol. The van der Waals surface area contributed by atoms with E-state index in [1.807, 2.05) is 30.5 Å². The van der Waals surface area contributed by atoms with Gasteiger partial charge in [0.05, 0.1) is 16.8 Å². The highest BCUT2D eigenvalue weighted by molar-refractivity contribution is 5.90. The van der Waals surface area contributed by atoms with E-state index in [0.29, 0.717) is 6.04 Å². The Kier molecular flexibility index (Phi) is 4.13. The maximum atomic E-state index is 11.8. The molecule has 138 valence electrons. The maximum Gasteiger partial charge on any atom is 0.0961 e. The van der Waals surface area contributed by atoms with Gasteiger partial charge in [-0.25, -0.2) is 0 Å². The molecular formula is C24H26N2O. The zero-order valence-corrected chi connectivity index (χ0v) is 15.6. The Morgan fingerprint density at radius 3 is 2.63 bits per heavy atom. The molecule has 2 aromatic carbocycles. The van der Waals surface area contributed by atoms with Crippen molar-refractivity contribution >= 4 is 16.6 Å². The van der Waals surface area contributed by atoms with Crippen molar-refractivity contribution < 1.29 is 5.11 Å². The second kappa shape index (κ2) is 6.65. The molecule has 0 bridgehead atoms. The molecule has 1 saturated heterocycles. The third kappa shape index (κ3) is 2.72. The molecular weight excluding hydrogens is 332 g/mol. The molecule has 1 aromatic heterocycles. The summed E-state index contributed by atoms with van der Waals surface area (Å²) in [5.74, 6) is 0.265. The zero-order chi connectivity index (χ0) is 18.3. The van der Waals surface area contributed by atoms with Gasteiger partial charge in [-0.1, -0.05) is 61.4 Å². The molecule has 3 nitrogen and oxygen atoms in total. The molecule has 1 N–H and O–H groups in total. The largest absolute Gasteiger partial charge is 0.385 e. The average Bonchev–Trinajstić information content (AvgIpc) is 2.75. The highest BCUT2D eigenvalue weighted by Crippen LogP contribution is 2.48. The van der Waals surface area contributed by atoms with Gasteiger partial charge >= 0.3 is 0 Å². The second-order valence-electron chi connectivity index (χ2n) is 8.04. The number of aliphatic hydroxyl groups is 1. The van der Waals surface area contributed by atoms with Gasteiger partial charge in [-0.3, -0.25) is 4.98 Å². The molecule has 3 aromatic rings. The summed E-state index contributed by atoms with van der Waals surface area (Å²) < 4.78 is 0. The molecule has 0 spiro atoms. The number of nitrogens with zero attached hydrogens (tertiary/aromatic N) is 2. The summed E-state index contributed by atoms with van der Waals surface area (Å²) in [5, 5.41) is 13.0. The first kappa shape index (κ1) is 16.8. The van der Waals surface area contributed by atoms with Gasteiger partial charge < -0.3 is 10.0 Å². The van der Waals surface area contributed by atoms with Crippen LogP contribution in [-0.4, -0.2) is 22.7 Å². The predicted molar refractivity (Wildman–Crippen MR) is 110 cm³/mol. The van der Waals surface area contributed by atoms with Gasteiger partial charge in [-0.2, -0.15) is 0 Å². The van der Waals surface area contributed by atoms with Gasteiger partial charge in [-0.15, -0.1) is 0 Å². The number of rotatable bonds is 2. The lowest BCUT2D eigenvalue weighted by Crippen LogP contribution is -2.57. The molecule has 5 rings (SSSR count). The van der Waals surface area contributed by atoms with Crippen molar-refractivity contribution in [3.8, 4) is 0 Å².